The minimum Gasteiger partial charge on any atom is -0.252 e. The Morgan fingerprint density at radius 1 is 1.10 bits per heavy atom. The van der Waals surface area contributed by atoms with Crippen molar-refractivity contribution < 1.29 is 0 Å². The number of unbranched alkanes of at least 4 members (excludes halogenated alkanes) is 3. The number of aryl methyl sites for hydroxylation is 1. The molecule has 0 radical (unpaired) electrons. The van der Waals surface area contributed by atoms with Crippen molar-refractivity contribution in [2.24, 2.45) is 0 Å². The fourth-order valence-electron chi connectivity index (χ4n) is 2.29. The molecule has 3 aromatic rings. The Bertz CT molecular complexity index is 735. The van der Waals surface area contributed by atoms with Crippen molar-refractivity contribution in [3.8, 4) is 10.6 Å². The SMILES string of the molecule is CCCCCCc1ccc(-c2ncc(Br)c3nsnc23)s1. The highest BCUT2D eigenvalue weighted by Crippen LogP contribution is 2.34. The summed E-state index contributed by atoms with van der Waals surface area (Å²) in [4.78, 5) is 7.16. The lowest BCUT2D eigenvalue weighted by Gasteiger charge is -1.99. The van der Waals surface area contributed by atoms with Crippen LogP contribution in [-0.2, 0) is 6.42 Å². The van der Waals surface area contributed by atoms with Crippen molar-refractivity contribution in [2.75, 3.05) is 0 Å². The molecule has 110 valence electrons. The number of hydrogen-bond acceptors (Lipinski definition) is 5. The molecule has 0 saturated carbocycles. The lowest BCUT2D eigenvalue weighted by molar-refractivity contribution is 0.670. The van der Waals surface area contributed by atoms with E-state index in [0.29, 0.717) is 0 Å². The van der Waals surface area contributed by atoms with Gasteiger partial charge in [-0.1, -0.05) is 26.2 Å². The number of aromatic nitrogens is 3. The van der Waals surface area contributed by atoms with Gasteiger partial charge in [-0.25, -0.2) is 0 Å². The topological polar surface area (TPSA) is 38.7 Å². The van der Waals surface area contributed by atoms with Crippen LogP contribution in [0.2, 0.25) is 0 Å². The fraction of sp³-hybridized carbons (Fsp3) is 0.400. The average molecular weight is 382 g/mol. The van der Waals surface area contributed by atoms with E-state index in [2.05, 4.69) is 48.7 Å². The molecule has 3 aromatic heterocycles. The van der Waals surface area contributed by atoms with Crippen LogP contribution in [0.25, 0.3) is 21.6 Å². The smallest absolute Gasteiger partial charge is 0.133 e. The van der Waals surface area contributed by atoms with Crippen molar-refractivity contribution in [2.45, 2.75) is 39.0 Å². The Morgan fingerprint density at radius 2 is 1.95 bits per heavy atom. The summed E-state index contributed by atoms with van der Waals surface area (Å²) in [6, 6.07) is 4.39. The van der Waals surface area contributed by atoms with Gasteiger partial charge in [0.2, 0.25) is 0 Å². The number of rotatable bonds is 6. The first-order chi connectivity index (χ1) is 10.3. The van der Waals surface area contributed by atoms with Gasteiger partial charge < -0.3 is 0 Å². The maximum Gasteiger partial charge on any atom is 0.133 e. The van der Waals surface area contributed by atoms with E-state index in [4.69, 9.17) is 0 Å². The first-order valence-electron chi connectivity index (χ1n) is 7.15. The van der Waals surface area contributed by atoms with Crippen LogP contribution in [0, 0.1) is 0 Å². The number of fused-ring (bicyclic) bond motifs is 1. The minimum atomic E-state index is 0.897. The fourth-order valence-corrected chi connectivity index (χ4v) is 4.40. The Morgan fingerprint density at radius 3 is 2.81 bits per heavy atom. The van der Waals surface area contributed by atoms with E-state index >= 15 is 0 Å². The van der Waals surface area contributed by atoms with Crippen LogP contribution in [0.4, 0.5) is 0 Å². The van der Waals surface area contributed by atoms with Gasteiger partial charge in [0.25, 0.3) is 0 Å². The first kappa shape index (κ1) is 15.1. The molecule has 0 aliphatic carbocycles. The second kappa shape index (κ2) is 6.94. The van der Waals surface area contributed by atoms with Gasteiger partial charge in [0.15, 0.2) is 0 Å². The highest BCUT2D eigenvalue weighted by molar-refractivity contribution is 9.10. The van der Waals surface area contributed by atoms with E-state index in [-0.39, 0.29) is 0 Å². The molecule has 0 bridgehead atoms. The zero-order valence-corrected chi connectivity index (χ0v) is 15.0. The average Bonchev–Trinajstić information content (AvgIpc) is 3.14. The third kappa shape index (κ3) is 3.33. The van der Waals surface area contributed by atoms with Gasteiger partial charge in [-0.3, -0.25) is 4.98 Å². The van der Waals surface area contributed by atoms with Crippen molar-refractivity contribution in [1.29, 1.82) is 0 Å². The maximum absolute atomic E-state index is 4.54. The van der Waals surface area contributed by atoms with Gasteiger partial charge in [-0.15, -0.1) is 11.3 Å². The second-order valence-corrected chi connectivity index (χ2v) is 7.54. The monoisotopic (exact) mass is 381 g/mol. The summed E-state index contributed by atoms with van der Waals surface area (Å²) < 4.78 is 9.63. The summed E-state index contributed by atoms with van der Waals surface area (Å²) in [5, 5.41) is 0. The van der Waals surface area contributed by atoms with Gasteiger partial charge in [0, 0.05) is 11.1 Å². The molecule has 0 unspecified atom stereocenters. The van der Waals surface area contributed by atoms with Gasteiger partial charge in [-0.05, 0) is 40.9 Å². The summed E-state index contributed by atoms with van der Waals surface area (Å²) in [6.07, 6.45) is 8.19. The predicted octanol–water partition coefficient (Wildman–Crippen LogP) is 5.70. The molecule has 3 heterocycles. The Hall–Kier alpha value is -0.850. The third-order valence-electron chi connectivity index (χ3n) is 3.42. The Kier molecular flexibility index (Phi) is 4.98. The molecule has 0 aromatic carbocycles. The molecule has 0 aliphatic rings. The van der Waals surface area contributed by atoms with Crippen LogP contribution >= 0.6 is 39.0 Å². The summed E-state index contributed by atoms with van der Waals surface area (Å²) in [5.74, 6) is 0. The van der Waals surface area contributed by atoms with Gasteiger partial charge in [0.05, 0.1) is 21.1 Å². The third-order valence-corrected chi connectivity index (χ3v) is 5.68. The molecular formula is C15H16BrN3S2. The standard InChI is InChI=1S/C15H16BrN3S2/c1-2-3-4-5-6-10-7-8-12(20-10)14-15-13(18-21-19-15)11(16)9-17-14/h7-9H,2-6H2,1H3. The molecule has 3 nitrogen and oxygen atoms in total. The Balaban J connectivity index is 1.82. The first-order valence-corrected chi connectivity index (χ1v) is 9.49. The van der Waals surface area contributed by atoms with Crippen molar-refractivity contribution >= 4 is 50.0 Å². The molecule has 0 spiro atoms. The van der Waals surface area contributed by atoms with E-state index in [1.54, 1.807) is 0 Å². The lowest BCUT2D eigenvalue weighted by Crippen LogP contribution is -1.84. The molecule has 0 aliphatic heterocycles. The van der Waals surface area contributed by atoms with Crippen LogP contribution in [0.3, 0.4) is 0 Å². The summed E-state index contributed by atoms with van der Waals surface area (Å²) >= 11 is 6.55. The molecular weight excluding hydrogens is 366 g/mol. The highest BCUT2D eigenvalue weighted by Gasteiger charge is 2.13. The van der Waals surface area contributed by atoms with Crippen molar-refractivity contribution in [3.05, 3.63) is 27.7 Å². The van der Waals surface area contributed by atoms with E-state index in [1.807, 2.05) is 17.5 Å². The van der Waals surface area contributed by atoms with Crippen LogP contribution in [0.15, 0.2) is 22.8 Å². The lowest BCUT2D eigenvalue weighted by atomic mass is 10.1. The van der Waals surface area contributed by atoms with Crippen molar-refractivity contribution in [3.63, 3.8) is 0 Å². The Labute approximate surface area is 140 Å². The molecule has 3 rings (SSSR count). The summed E-state index contributed by atoms with van der Waals surface area (Å²) in [6.45, 7) is 2.25. The molecule has 0 N–H and O–H groups in total. The maximum atomic E-state index is 4.54. The van der Waals surface area contributed by atoms with Crippen LogP contribution in [0.5, 0.6) is 0 Å². The van der Waals surface area contributed by atoms with E-state index in [0.717, 1.165) is 21.2 Å². The molecule has 0 saturated heterocycles. The number of hydrogen-bond donors (Lipinski definition) is 0. The predicted molar refractivity (Wildman–Crippen MR) is 94.1 cm³/mol. The normalized spacial score (nSPS) is 11.3. The number of nitrogens with zero attached hydrogens (tertiary/aromatic N) is 3. The van der Waals surface area contributed by atoms with Crippen LogP contribution in [-0.4, -0.2) is 13.7 Å². The summed E-state index contributed by atoms with van der Waals surface area (Å²) in [5.41, 5.74) is 2.75. The van der Waals surface area contributed by atoms with Gasteiger partial charge >= 0.3 is 0 Å². The molecule has 6 heteroatoms. The highest BCUT2D eigenvalue weighted by atomic mass is 79.9. The molecule has 21 heavy (non-hydrogen) atoms. The zero-order valence-electron chi connectivity index (χ0n) is 11.8. The van der Waals surface area contributed by atoms with E-state index < -0.39 is 0 Å². The molecule has 0 atom stereocenters. The van der Waals surface area contributed by atoms with Gasteiger partial charge in [0.1, 0.15) is 16.7 Å². The van der Waals surface area contributed by atoms with E-state index in [1.165, 1.54) is 53.6 Å². The largest absolute Gasteiger partial charge is 0.252 e. The zero-order chi connectivity index (χ0) is 14.7. The number of pyridine rings is 1. The van der Waals surface area contributed by atoms with Crippen LogP contribution < -0.4 is 0 Å². The number of thiophene rings is 1. The minimum absolute atomic E-state index is 0.897. The van der Waals surface area contributed by atoms with Crippen LogP contribution in [0.1, 0.15) is 37.5 Å². The van der Waals surface area contributed by atoms with Crippen molar-refractivity contribution in [1.82, 2.24) is 13.7 Å². The summed E-state index contributed by atoms with van der Waals surface area (Å²) in [7, 11) is 0. The second-order valence-electron chi connectivity index (χ2n) is 4.99. The van der Waals surface area contributed by atoms with E-state index in [9.17, 15) is 0 Å². The quantitative estimate of drug-likeness (QED) is 0.513. The molecule has 0 amide bonds. The number of halogens is 1. The van der Waals surface area contributed by atoms with Gasteiger partial charge in [-0.2, -0.15) is 8.75 Å². The molecule has 0 fully saturated rings.